The van der Waals surface area contributed by atoms with E-state index in [0.717, 1.165) is 0 Å². The molecule has 0 aliphatic carbocycles. The number of carbonyl (C=O) groups excluding carboxylic acids is 2. The van der Waals surface area contributed by atoms with Crippen LogP contribution < -0.4 is 5.32 Å². The van der Waals surface area contributed by atoms with E-state index in [0.29, 0.717) is 0 Å². The Morgan fingerprint density at radius 3 is 2.26 bits per heavy atom. The number of rotatable bonds is 7. The standard InChI is InChI=1S/C8H14N4O7/c9-12-10-1-4(15)11-8(19)7(18)6(17)5(16)3(14)2-13/h3,5-7,13-14,16-18H,1-2H2,(H,11,15,19). The number of nitrogens with zero attached hydrogens (tertiary/aromatic N) is 3. The molecule has 0 fully saturated rings. The SMILES string of the molecule is [N-]=[N+]=NCC(=O)NC(=O)C(O)C(O)C(O)C(O)CO. The molecule has 6 N–H and O–H groups in total. The highest BCUT2D eigenvalue weighted by atomic mass is 16.4. The van der Waals surface area contributed by atoms with Crippen LogP contribution in [0.15, 0.2) is 5.11 Å². The fraction of sp³-hybridized carbons (Fsp3) is 0.750. The number of hydrogen-bond donors (Lipinski definition) is 6. The van der Waals surface area contributed by atoms with E-state index in [1.165, 1.54) is 0 Å². The van der Waals surface area contributed by atoms with E-state index in [9.17, 15) is 24.9 Å². The molecule has 0 saturated heterocycles. The van der Waals surface area contributed by atoms with Crippen molar-refractivity contribution in [3.8, 4) is 0 Å². The Morgan fingerprint density at radius 2 is 1.79 bits per heavy atom. The summed E-state index contributed by atoms with van der Waals surface area (Å²) < 4.78 is 0. The fourth-order valence-electron chi connectivity index (χ4n) is 1.02. The molecule has 11 nitrogen and oxygen atoms in total. The Morgan fingerprint density at radius 1 is 1.21 bits per heavy atom. The summed E-state index contributed by atoms with van der Waals surface area (Å²) in [6.07, 6.45) is -8.09. The largest absolute Gasteiger partial charge is 0.394 e. The van der Waals surface area contributed by atoms with Crippen molar-refractivity contribution in [2.24, 2.45) is 5.11 Å². The molecule has 2 amide bonds. The van der Waals surface area contributed by atoms with Crippen molar-refractivity contribution < 1.29 is 35.1 Å². The summed E-state index contributed by atoms with van der Waals surface area (Å²) in [6, 6.07) is 0. The van der Waals surface area contributed by atoms with Crippen LogP contribution in [-0.4, -0.2) is 74.9 Å². The number of imide groups is 1. The highest BCUT2D eigenvalue weighted by molar-refractivity contribution is 5.98. The molecule has 0 aromatic rings. The fourth-order valence-corrected chi connectivity index (χ4v) is 1.02. The Kier molecular flexibility index (Phi) is 7.60. The van der Waals surface area contributed by atoms with Crippen LogP contribution in [0.3, 0.4) is 0 Å². The van der Waals surface area contributed by atoms with Gasteiger partial charge >= 0.3 is 0 Å². The van der Waals surface area contributed by atoms with E-state index in [-0.39, 0.29) is 0 Å². The number of nitrogens with one attached hydrogen (secondary N) is 1. The van der Waals surface area contributed by atoms with Gasteiger partial charge in [0.25, 0.3) is 5.91 Å². The summed E-state index contributed by atoms with van der Waals surface area (Å²) in [7, 11) is 0. The minimum absolute atomic E-state index is 0.688. The molecular weight excluding hydrogens is 264 g/mol. The molecule has 0 bridgehead atoms. The third-order valence-electron chi connectivity index (χ3n) is 2.06. The molecule has 0 radical (unpaired) electrons. The number of hydrogen-bond acceptors (Lipinski definition) is 8. The monoisotopic (exact) mass is 278 g/mol. The maximum atomic E-state index is 11.2. The van der Waals surface area contributed by atoms with Crippen molar-refractivity contribution in [1.29, 1.82) is 0 Å². The van der Waals surface area contributed by atoms with Gasteiger partial charge in [-0.05, 0) is 5.53 Å². The van der Waals surface area contributed by atoms with Gasteiger partial charge in [0.15, 0.2) is 6.10 Å². The first-order valence-corrected chi connectivity index (χ1v) is 5.02. The van der Waals surface area contributed by atoms with E-state index in [1.807, 2.05) is 0 Å². The Labute approximate surface area is 106 Å². The van der Waals surface area contributed by atoms with Gasteiger partial charge in [-0.25, -0.2) is 0 Å². The first kappa shape index (κ1) is 17.2. The van der Waals surface area contributed by atoms with E-state index in [1.54, 1.807) is 5.32 Å². The summed E-state index contributed by atoms with van der Waals surface area (Å²) in [5.41, 5.74) is 7.93. The third kappa shape index (κ3) is 5.61. The summed E-state index contributed by atoms with van der Waals surface area (Å²) in [5.74, 6) is -2.37. The summed E-state index contributed by atoms with van der Waals surface area (Å²) in [4.78, 5) is 24.5. The molecular formula is C8H14N4O7. The number of amides is 2. The first-order chi connectivity index (χ1) is 8.84. The lowest BCUT2D eigenvalue weighted by atomic mass is 10.0. The van der Waals surface area contributed by atoms with Gasteiger partial charge in [-0.1, -0.05) is 5.11 Å². The molecule has 0 saturated carbocycles. The predicted molar refractivity (Wildman–Crippen MR) is 58.3 cm³/mol. The molecule has 0 aromatic carbocycles. The van der Waals surface area contributed by atoms with Gasteiger partial charge in [0.1, 0.15) is 24.9 Å². The summed E-state index contributed by atoms with van der Waals surface area (Å²) in [5, 5.41) is 49.8. The average molecular weight is 278 g/mol. The Balaban J connectivity index is 4.47. The topological polar surface area (TPSA) is 196 Å². The van der Waals surface area contributed by atoms with Crippen molar-refractivity contribution in [2.45, 2.75) is 24.4 Å². The van der Waals surface area contributed by atoms with Crippen LogP contribution >= 0.6 is 0 Å². The van der Waals surface area contributed by atoms with Crippen LogP contribution in [0, 0.1) is 0 Å². The van der Waals surface area contributed by atoms with Crippen molar-refractivity contribution in [2.75, 3.05) is 13.2 Å². The maximum absolute atomic E-state index is 11.2. The molecule has 108 valence electrons. The smallest absolute Gasteiger partial charge is 0.258 e. The molecule has 0 rings (SSSR count). The minimum Gasteiger partial charge on any atom is -0.394 e. The van der Waals surface area contributed by atoms with Gasteiger partial charge < -0.3 is 25.5 Å². The van der Waals surface area contributed by atoms with E-state index < -0.39 is 49.4 Å². The van der Waals surface area contributed by atoms with Gasteiger partial charge in [-0.3, -0.25) is 14.9 Å². The summed E-state index contributed by atoms with van der Waals surface area (Å²) >= 11 is 0. The van der Waals surface area contributed by atoms with Crippen LogP contribution in [-0.2, 0) is 9.59 Å². The zero-order chi connectivity index (χ0) is 15.0. The second-order valence-electron chi connectivity index (χ2n) is 3.48. The molecule has 4 atom stereocenters. The normalized spacial score (nSPS) is 16.7. The molecule has 19 heavy (non-hydrogen) atoms. The van der Waals surface area contributed by atoms with E-state index in [2.05, 4.69) is 10.0 Å². The van der Waals surface area contributed by atoms with Gasteiger partial charge in [-0.2, -0.15) is 0 Å². The lowest BCUT2D eigenvalue weighted by Gasteiger charge is -2.24. The molecule has 4 unspecified atom stereocenters. The average Bonchev–Trinajstić information content (AvgIpc) is 2.41. The highest BCUT2D eigenvalue weighted by Gasteiger charge is 2.34. The maximum Gasteiger partial charge on any atom is 0.258 e. The van der Waals surface area contributed by atoms with Gasteiger partial charge in [0, 0.05) is 4.91 Å². The molecule has 0 heterocycles. The van der Waals surface area contributed by atoms with Crippen molar-refractivity contribution in [3.05, 3.63) is 10.4 Å². The van der Waals surface area contributed by atoms with E-state index >= 15 is 0 Å². The number of azide groups is 1. The van der Waals surface area contributed by atoms with Gasteiger partial charge in [-0.15, -0.1) is 0 Å². The lowest BCUT2D eigenvalue weighted by Crippen LogP contribution is -2.52. The third-order valence-corrected chi connectivity index (χ3v) is 2.06. The van der Waals surface area contributed by atoms with Crippen LogP contribution in [0.1, 0.15) is 0 Å². The van der Waals surface area contributed by atoms with Crippen molar-refractivity contribution in [3.63, 3.8) is 0 Å². The van der Waals surface area contributed by atoms with Crippen LogP contribution in [0.4, 0.5) is 0 Å². The summed E-state index contributed by atoms with van der Waals surface area (Å²) in [6.45, 7) is -1.59. The molecule has 0 aliphatic heterocycles. The quantitative estimate of drug-likeness (QED) is 0.157. The Bertz CT molecular complexity index is 370. The number of carbonyl (C=O) groups is 2. The molecule has 0 aromatic heterocycles. The highest BCUT2D eigenvalue weighted by Crippen LogP contribution is 2.05. The number of aliphatic hydroxyl groups is 5. The predicted octanol–water partition coefficient (Wildman–Crippen LogP) is -3.62. The Hall–Kier alpha value is -1.75. The van der Waals surface area contributed by atoms with Gasteiger partial charge in [0.2, 0.25) is 5.91 Å². The number of aliphatic hydroxyl groups excluding tert-OH is 5. The second kappa shape index (κ2) is 8.37. The van der Waals surface area contributed by atoms with Crippen LogP contribution in [0.2, 0.25) is 0 Å². The zero-order valence-corrected chi connectivity index (χ0v) is 9.62. The minimum atomic E-state index is -2.22. The zero-order valence-electron chi connectivity index (χ0n) is 9.62. The lowest BCUT2D eigenvalue weighted by molar-refractivity contribution is -0.151. The molecule has 11 heteroatoms. The van der Waals surface area contributed by atoms with Crippen molar-refractivity contribution in [1.82, 2.24) is 5.32 Å². The van der Waals surface area contributed by atoms with Gasteiger partial charge in [0.05, 0.1) is 6.61 Å². The van der Waals surface area contributed by atoms with Crippen LogP contribution in [0.25, 0.3) is 10.4 Å². The first-order valence-electron chi connectivity index (χ1n) is 5.02. The molecule has 0 spiro atoms. The van der Waals surface area contributed by atoms with Crippen molar-refractivity contribution >= 4 is 11.8 Å². The van der Waals surface area contributed by atoms with Crippen LogP contribution in [0.5, 0.6) is 0 Å². The molecule has 0 aliphatic rings. The van der Waals surface area contributed by atoms with E-state index in [4.69, 9.17) is 15.7 Å². The second-order valence-corrected chi connectivity index (χ2v) is 3.48.